The van der Waals surface area contributed by atoms with E-state index in [9.17, 15) is 4.79 Å². The van der Waals surface area contributed by atoms with Crippen LogP contribution in [-0.2, 0) is 0 Å². The van der Waals surface area contributed by atoms with Crippen molar-refractivity contribution < 1.29 is 4.79 Å². The van der Waals surface area contributed by atoms with Crippen LogP contribution in [0.5, 0.6) is 0 Å². The van der Waals surface area contributed by atoms with Crippen LogP contribution in [0, 0.1) is 6.92 Å². The maximum atomic E-state index is 12.1. The van der Waals surface area contributed by atoms with E-state index in [4.69, 9.17) is 0 Å². The number of nitrogens with zero attached hydrogens (tertiary/aromatic N) is 1. The number of para-hydroxylation sites is 1. The second-order valence-electron chi connectivity index (χ2n) is 4.85. The lowest BCUT2D eigenvalue weighted by molar-refractivity contribution is 0.242. The van der Waals surface area contributed by atoms with Gasteiger partial charge in [-0.2, -0.15) is 0 Å². The van der Waals surface area contributed by atoms with Crippen molar-refractivity contribution in [1.82, 2.24) is 10.7 Å². The van der Waals surface area contributed by atoms with Crippen molar-refractivity contribution in [3.63, 3.8) is 0 Å². The molecule has 98 valence electrons. The van der Waals surface area contributed by atoms with E-state index in [0.717, 1.165) is 30.5 Å². The lowest BCUT2D eigenvalue weighted by atomic mass is 10.0. The van der Waals surface area contributed by atoms with Gasteiger partial charge in [0, 0.05) is 0 Å². The molecule has 0 spiro atoms. The number of hydrogen-bond donors (Lipinski definition) is 2. The van der Waals surface area contributed by atoms with Gasteiger partial charge in [-0.15, -0.1) is 0 Å². The number of amides is 2. The third-order valence-electron chi connectivity index (χ3n) is 3.51. The van der Waals surface area contributed by atoms with E-state index in [-0.39, 0.29) is 11.7 Å². The molecule has 0 aliphatic carbocycles. The van der Waals surface area contributed by atoms with Crippen LogP contribution < -0.4 is 15.8 Å². The number of carbonyl (C=O) groups is 1. The van der Waals surface area contributed by atoms with E-state index in [1.165, 1.54) is 0 Å². The van der Waals surface area contributed by atoms with Crippen LogP contribution >= 0.6 is 0 Å². The second-order valence-corrected chi connectivity index (χ2v) is 4.85. The van der Waals surface area contributed by atoms with Crippen LogP contribution in [0.2, 0.25) is 0 Å². The Balaban J connectivity index is 2.27. The van der Waals surface area contributed by atoms with Crippen molar-refractivity contribution in [3.8, 4) is 0 Å². The topological polar surface area (TPSA) is 44.4 Å². The van der Waals surface area contributed by atoms with E-state index in [2.05, 4.69) is 24.6 Å². The monoisotopic (exact) mass is 247 g/mol. The number of urea groups is 1. The molecule has 0 unspecified atom stereocenters. The van der Waals surface area contributed by atoms with Crippen molar-refractivity contribution in [2.24, 2.45) is 0 Å². The lowest BCUT2D eigenvalue weighted by Gasteiger charge is -2.28. The Kier molecular flexibility index (Phi) is 3.57. The molecule has 0 bridgehead atoms. The molecule has 1 saturated heterocycles. The van der Waals surface area contributed by atoms with Gasteiger partial charge in [-0.25, -0.2) is 15.2 Å². The minimum absolute atomic E-state index is 0.0698. The molecule has 0 aromatic heterocycles. The standard InChI is InChI=1S/C14H21N3O/c1-4-10-14(5-2)15-13(18)17(16-14)12-9-7-6-8-11(12)3/h6-9,16H,4-5,10H2,1-3H3,(H,15,18)/t14-/m0/s1. The first-order chi connectivity index (χ1) is 8.62. The first-order valence-corrected chi connectivity index (χ1v) is 6.57. The molecular weight excluding hydrogens is 226 g/mol. The van der Waals surface area contributed by atoms with Gasteiger partial charge in [0.2, 0.25) is 0 Å². The summed E-state index contributed by atoms with van der Waals surface area (Å²) in [6.07, 6.45) is 2.83. The fourth-order valence-electron chi connectivity index (χ4n) is 2.43. The largest absolute Gasteiger partial charge is 0.338 e. The molecule has 1 aromatic rings. The predicted octanol–water partition coefficient (Wildman–Crippen LogP) is 2.94. The minimum Gasteiger partial charge on any atom is -0.317 e. The highest BCUT2D eigenvalue weighted by Crippen LogP contribution is 2.26. The molecule has 4 nitrogen and oxygen atoms in total. The lowest BCUT2D eigenvalue weighted by Crippen LogP contribution is -2.50. The summed E-state index contributed by atoms with van der Waals surface area (Å²) in [4.78, 5) is 12.1. The Morgan fingerprint density at radius 1 is 1.28 bits per heavy atom. The van der Waals surface area contributed by atoms with Gasteiger partial charge in [-0.1, -0.05) is 38.5 Å². The van der Waals surface area contributed by atoms with Crippen molar-refractivity contribution in [2.45, 2.75) is 45.7 Å². The summed E-state index contributed by atoms with van der Waals surface area (Å²) < 4.78 is 0. The zero-order valence-corrected chi connectivity index (χ0v) is 11.3. The average molecular weight is 247 g/mol. The average Bonchev–Trinajstić information content (AvgIpc) is 2.68. The van der Waals surface area contributed by atoms with E-state index < -0.39 is 0 Å². The molecule has 18 heavy (non-hydrogen) atoms. The zero-order valence-electron chi connectivity index (χ0n) is 11.3. The van der Waals surface area contributed by atoms with Gasteiger partial charge in [-0.05, 0) is 31.4 Å². The number of carbonyl (C=O) groups excluding carboxylic acids is 1. The molecule has 0 saturated carbocycles. The van der Waals surface area contributed by atoms with E-state index in [0.29, 0.717) is 0 Å². The van der Waals surface area contributed by atoms with Crippen LogP contribution in [-0.4, -0.2) is 11.7 Å². The maximum Gasteiger partial charge on any atom is 0.338 e. The molecule has 2 rings (SSSR count). The smallest absolute Gasteiger partial charge is 0.317 e. The molecule has 0 radical (unpaired) electrons. The molecule has 4 heteroatoms. The number of benzene rings is 1. The molecule has 2 N–H and O–H groups in total. The molecule has 1 aliphatic rings. The third-order valence-corrected chi connectivity index (χ3v) is 3.51. The van der Waals surface area contributed by atoms with E-state index in [1.807, 2.05) is 31.2 Å². The molecule has 1 fully saturated rings. The van der Waals surface area contributed by atoms with Crippen molar-refractivity contribution in [1.29, 1.82) is 0 Å². The predicted molar refractivity (Wildman–Crippen MR) is 73.3 cm³/mol. The van der Waals surface area contributed by atoms with E-state index in [1.54, 1.807) is 5.01 Å². The van der Waals surface area contributed by atoms with Gasteiger partial charge in [0.1, 0.15) is 5.66 Å². The Hall–Kier alpha value is -1.55. The molecule has 2 amide bonds. The number of nitrogens with one attached hydrogen (secondary N) is 2. The summed E-state index contributed by atoms with van der Waals surface area (Å²) in [7, 11) is 0. The highest BCUT2D eigenvalue weighted by atomic mass is 16.2. The Labute approximate surface area is 108 Å². The number of hydrogen-bond acceptors (Lipinski definition) is 2. The zero-order chi connectivity index (χ0) is 13.2. The Morgan fingerprint density at radius 3 is 2.61 bits per heavy atom. The van der Waals surface area contributed by atoms with Gasteiger partial charge in [0.25, 0.3) is 0 Å². The molecular formula is C14H21N3O. The van der Waals surface area contributed by atoms with Crippen molar-refractivity contribution in [2.75, 3.05) is 5.01 Å². The summed E-state index contributed by atoms with van der Waals surface area (Å²) >= 11 is 0. The van der Waals surface area contributed by atoms with Gasteiger partial charge in [0.05, 0.1) is 5.69 Å². The summed E-state index contributed by atoms with van der Waals surface area (Å²) in [6.45, 7) is 6.22. The minimum atomic E-state index is -0.298. The van der Waals surface area contributed by atoms with Crippen LogP contribution in [0.1, 0.15) is 38.7 Å². The fraction of sp³-hybridized carbons (Fsp3) is 0.500. The number of rotatable bonds is 4. The van der Waals surface area contributed by atoms with Crippen LogP contribution in [0.4, 0.5) is 10.5 Å². The van der Waals surface area contributed by atoms with Crippen LogP contribution in [0.15, 0.2) is 24.3 Å². The maximum absolute atomic E-state index is 12.1. The highest BCUT2D eigenvalue weighted by Gasteiger charge is 2.40. The molecule has 1 aromatic carbocycles. The number of aryl methyl sites for hydroxylation is 1. The third kappa shape index (κ3) is 2.20. The normalized spacial score (nSPS) is 23.3. The first-order valence-electron chi connectivity index (χ1n) is 6.57. The summed E-state index contributed by atoms with van der Waals surface area (Å²) in [6, 6.07) is 7.82. The van der Waals surface area contributed by atoms with Gasteiger partial charge < -0.3 is 5.32 Å². The van der Waals surface area contributed by atoms with Crippen LogP contribution in [0.3, 0.4) is 0 Å². The SMILES string of the molecule is CCC[C@@]1(CC)NC(=O)N(c2ccccc2C)N1. The summed E-state index contributed by atoms with van der Waals surface area (Å²) in [5.41, 5.74) is 5.04. The van der Waals surface area contributed by atoms with Gasteiger partial charge in [-0.3, -0.25) is 0 Å². The van der Waals surface area contributed by atoms with E-state index >= 15 is 0 Å². The van der Waals surface area contributed by atoms with Gasteiger partial charge >= 0.3 is 6.03 Å². The summed E-state index contributed by atoms with van der Waals surface area (Å²) in [5, 5.41) is 4.70. The summed E-state index contributed by atoms with van der Waals surface area (Å²) in [5.74, 6) is 0. The number of anilines is 1. The van der Waals surface area contributed by atoms with Gasteiger partial charge in [0.15, 0.2) is 0 Å². The number of hydrazine groups is 1. The Morgan fingerprint density at radius 2 is 2.00 bits per heavy atom. The fourth-order valence-corrected chi connectivity index (χ4v) is 2.43. The molecule has 1 aliphatic heterocycles. The van der Waals surface area contributed by atoms with Crippen molar-refractivity contribution >= 4 is 11.7 Å². The molecule has 1 atom stereocenters. The molecule has 1 heterocycles. The quantitative estimate of drug-likeness (QED) is 0.859. The first kappa shape index (κ1) is 12.9. The van der Waals surface area contributed by atoms with Crippen molar-refractivity contribution in [3.05, 3.63) is 29.8 Å². The highest BCUT2D eigenvalue weighted by molar-refractivity contribution is 5.94. The Bertz CT molecular complexity index is 446. The van der Waals surface area contributed by atoms with Crippen LogP contribution in [0.25, 0.3) is 0 Å². The second kappa shape index (κ2) is 4.98.